The smallest absolute Gasteiger partial charge is 0.242 e. The molecule has 6 nitrogen and oxygen atoms in total. The summed E-state index contributed by atoms with van der Waals surface area (Å²) < 4.78 is 5.33. The van der Waals surface area contributed by atoms with Gasteiger partial charge in [-0.25, -0.2) is 4.98 Å². The SMILES string of the molecule is CCOc1ncnc(NCCCN(C)C(C)C)c1N. The summed E-state index contributed by atoms with van der Waals surface area (Å²) in [5.41, 5.74) is 6.41. The second-order valence-corrected chi connectivity index (χ2v) is 4.73. The monoisotopic (exact) mass is 267 g/mol. The van der Waals surface area contributed by atoms with E-state index >= 15 is 0 Å². The molecule has 0 atom stereocenters. The Labute approximate surface area is 115 Å². The number of nitrogens with one attached hydrogen (secondary N) is 1. The van der Waals surface area contributed by atoms with Crippen molar-refractivity contribution >= 4 is 11.5 Å². The normalized spacial score (nSPS) is 11.1. The molecule has 0 unspecified atom stereocenters. The van der Waals surface area contributed by atoms with Crippen LogP contribution in [0.3, 0.4) is 0 Å². The summed E-state index contributed by atoms with van der Waals surface area (Å²) in [5.74, 6) is 1.09. The van der Waals surface area contributed by atoms with E-state index in [1.807, 2.05) is 6.92 Å². The summed E-state index contributed by atoms with van der Waals surface area (Å²) in [6.45, 7) is 8.67. The molecule has 1 aromatic heterocycles. The Bertz CT molecular complexity index is 383. The van der Waals surface area contributed by atoms with Crippen LogP contribution in [0.5, 0.6) is 5.88 Å². The van der Waals surface area contributed by atoms with E-state index in [0.29, 0.717) is 30.0 Å². The summed E-state index contributed by atoms with van der Waals surface area (Å²) in [6.07, 6.45) is 2.49. The highest BCUT2D eigenvalue weighted by atomic mass is 16.5. The van der Waals surface area contributed by atoms with Gasteiger partial charge in [0.2, 0.25) is 5.88 Å². The summed E-state index contributed by atoms with van der Waals surface area (Å²) in [4.78, 5) is 10.4. The van der Waals surface area contributed by atoms with Crippen molar-refractivity contribution in [3.8, 4) is 5.88 Å². The first-order valence-electron chi connectivity index (χ1n) is 6.73. The molecule has 0 saturated heterocycles. The molecule has 0 amide bonds. The molecular weight excluding hydrogens is 242 g/mol. The Morgan fingerprint density at radius 2 is 2.16 bits per heavy atom. The third-order valence-corrected chi connectivity index (χ3v) is 2.99. The number of nitrogens with zero attached hydrogens (tertiary/aromatic N) is 3. The van der Waals surface area contributed by atoms with Crippen molar-refractivity contribution in [2.24, 2.45) is 0 Å². The van der Waals surface area contributed by atoms with E-state index in [2.05, 4.69) is 41.1 Å². The lowest BCUT2D eigenvalue weighted by Crippen LogP contribution is -2.28. The highest BCUT2D eigenvalue weighted by Gasteiger charge is 2.08. The van der Waals surface area contributed by atoms with Gasteiger partial charge in [-0.3, -0.25) is 0 Å². The molecule has 0 aliphatic carbocycles. The molecule has 0 fully saturated rings. The Morgan fingerprint density at radius 1 is 1.42 bits per heavy atom. The van der Waals surface area contributed by atoms with Gasteiger partial charge in [-0.1, -0.05) is 0 Å². The first-order valence-corrected chi connectivity index (χ1v) is 6.73. The van der Waals surface area contributed by atoms with Gasteiger partial charge in [-0.2, -0.15) is 4.98 Å². The summed E-state index contributed by atoms with van der Waals surface area (Å²) in [7, 11) is 2.12. The molecule has 6 heteroatoms. The van der Waals surface area contributed by atoms with E-state index in [1.165, 1.54) is 6.33 Å². The van der Waals surface area contributed by atoms with Gasteiger partial charge in [0.1, 0.15) is 12.0 Å². The van der Waals surface area contributed by atoms with Crippen LogP contribution < -0.4 is 15.8 Å². The maximum Gasteiger partial charge on any atom is 0.242 e. The summed E-state index contributed by atoms with van der Waals surface area (Å²) in [6, 6.07) is 0.564. The second kappa shape index (κ2) is 7.78. The van der Waals surface area contributed by atoms with Crippen LogP contribution in [0.2, 0.25) is 0 Å². The molecule has 1 rings (SSSR count). The average Bonchev–Trinajstić information content (AvgIpc) is 2.38. The Morgan fingerprint density at radius 3 is 2.79 bits per heavy atom. The number of ether oxygens (including phenoxy) is 1. The first-order chi connectivity index (χ1) is 9.06. The van der Waals surface area contributed by atoms with Crippen LogP contribution in [-0.2, 0) is 0 Å². The van der Waals surface area contributed by atoms with Crippen molar-refractivity contribution in [1.82, 2.24) is 14.9 Å². The summed E-state index contributed by atoms with van der Waals surface area (Å²) >= 11 is 0. The third kappa shape index (κ3) is 4.90. The van der Waals surface area contributed by atoms with Crippen molar-refractivity contribution in [3.05, 3.63) is 6.33 Å². The lowest BCUT2D eigenvalue weighted by molar-refractivity contribution is 0.273. The number of aromatic nitrogens is 2. The molecule has 0 aliphatic rings. The zero-order chi connectivity index (χ0) is 14.3. The number of anilines is 2. The fraction of sp³-hybridized carbons (Fsp3) is 0.692. The van der Waals surface area contributed by atoms with Crippen LogP contribution in [0.1, 0.15) is 27.2 Å². The molecule has 1 aromatic rings. The van der Waals surface area contributed by atoms with Crippen molar-refractivity contribution < 1.29 is 4.74 Å². The first kappa shape index (κ1) is 15.5. The van der Waals surface area contributed by atoms with Crippen molar-refractivity contribution in [3.63, 3.8) is 0 Å². The number of hydrogen-bond acceptors (Lipinski definition) is 6. The molecule has 0 aliphatic heterocycles. The van der Waals surface area contributed by atoms with E-state index in [9.17, 15) is 0 Å². The van der Waals surface area contributed by atoms with E-state index in [4.69, 9.17) is 10.5 Å². The number of nitrogens with two attached hydrogens (primary N) is 1. The minimum atomic E-state index is 0.444. The second-order valence-electron chi connectivity index (χ2n) is 4.73. The quantitative estimate of drug-likeness (QED) is 0.697. The van der Waals surface area contributed by atoms with E-state index in [-0.39, 0.29) is 0 Å². The minimum absolute atomic E-state index is 0.444. The molecule has 0 aromatic carbocycles. The minimum Gasteiger partial charge on any atom is -0.476 e. The molecular formula is C13H25N5O. The average molecular weight is 267 g/mol. The maximum absolute atomic E-state index is 5.94. The standard InChI is InChI=1S/C13H25N5O/c1-5-19-13-11(14)12(16-9-17-13)15-7-6-8-18(4)10(2)3/h9-10H,5-8,14H2,1-4H3,(H,15,16,17). The highest BCUT2D eigenvalue weighted by Crippen LogP contribution is 2.24. The zero-order valence-corrected chi connectivity index (χ0v) is 12.3. The molecule has 0 radical (unpaired) electrons. The Hall–Kier alpha value is -1.56. The van der Waals surface area contributed by atoms with Gasteiger partial charge in [0, 0.05) is 12.6 Å². The van der Waals surface area contributed by atoms with Crippen molar-refractivity contribution in [1.29, 1.82) is 0 Å². The number of rotatable bonds is 8. The number of hydrogen-bond donors (Lipinski definition) is 2. The van der Waals surface area contributed by atoms with Gasteiger partial charge < -0.3 is 20.7 Å². The predicted octanol–water partition coefficient (Wildman–Crippen LogP) is 1.60. The van der Waals surface area contributed by atoms with Crippen LogP contribution in [0.15, 0.2) is 6.33 Å². The largest absolute Gasteiger partial charge is 0.476 e. The maximum atomic E-state index is 5.94. The van der Waals surface area contributed by atoms with Crippen molar-refractivity contribution in [2.75, 3.05) is 37.8 Å². The summed E-state index contributed by atoms with van der Waals surface area (Å²) in [5, 5.41) is 3.22. The molecule has 3 N–H and O–H groups in total. The third-order valence-electron chi connectivity index (χ3n) is 2.99. The van der Waals surface area contributed by atoms with Gasteiger partial charge in [0.05, 0.1) is 6.61 Å². The van der Waals surface area contributed by atoms with Crippen LogP contribution in [0, 0.1) is 0 Å². The van der Waals surface area contributed by atoms with E-state index in [1.54, 1.807) is 0 Å². The van der Waals surface area contributed by atoms with Gasteiger partial charge in [-0.05, 0) is 40.8 Å². The van der Waals surface area contributed by atoms with Gasteiger partial charge >= 0.3 is 0 Å². The highest BCUT2D eigenvalue weighted by molar-refractivity contribution is 5.66. The molecule has 0 saturated carbocycles. The van der Waals surface area contributed by atoms with E-state index in [0.717, 1.165) is 19.5 Å². The lowest BCUT2D eigenvalue weighted by Gasteiger charge is -2.20. The predicted molar refractivity (Wildman–Crippen MR) is 78.5 cm³/mol. The zero-order valence-electron chi connectivity index (χ0n) is 12.3. The molecule has 0 bridgehead atoms. The van der Waals surface area contributed by atoms with Crippen LogP contribution >= 0.6 is 0 Å². The fourth-order valence-electron chi connectivity index (χ4n) is 1.57. The van der Waals surface area contributed by atoms with Gasteiger partial charge in [0.15, 0.2) is 5.82 Å². The molecule has 19 heavy (non-hydrogen) atoms. The Kier molecular flexibility index (Phi) is 6.35. The molecule has 1 heterocycles. The van der Waals surface area contributed by atoms with Crippen LogP contribution in [0.25, 0.3) is 0 Å². The van der Waals surface area contributed by atoms with Crippen LogP contribution in [-0.4, -0.2) is 47.7 Å². The number of nitrogen functional groups attached to an aromatic ring is 1. The van der Waals surface area contributed by atoms with Gasteiger partial charge in [-0.15, -0.1) is 0 Å². The fourth-order valence-corrected chi connectivity index (χ4v) is 1.57. The Balaban J connectivity index is 2.43. The van der Waals surface area contributed by atoms with Crippen molar-refractivity contribution in [2.45, 2.75) is 33.2 Å². The van der Waals surface area contributed by atoms with E-state index < -0.39 is 0 Å². The molecule has 0 spiro atoms. The topological polar surface area (TPSA) is 76.3 Å². The van der Waals surface area contributed by atoms with Gasteiger partial charge in [0.25, 0.3) is 0 Å². The van der Waals surface area contributed by atoms with Crippen LogP contribution in [0.4, 0.5) is 11.5 Å². The lowest BCUT2D eigenvalue weighted by atomic mass is 10.3. The molecule has 108 valence electrons.